The number of sulfonamides is 1. The number of hydrogen-bond acceptors (Lipinski definition) is 6. The van der Waals surface area contributed by atoms with Crippen molar-refractivity contribution in [1.82, 2.24) is 28.5 Å². The number of rotatable bonds is 5. The molecular weight excluding hydrogens is 465 g/mol. The number of alkyl halides is 3. The summed E-state index contributed by atoms with van der Waals surface area (Å²) in [5.74, 6) is -2.76. The van der Waals surface area contributed by atoms with E-state index in [0.717, 1.165) is 31.7 Å². The van der Waals surface area contributed by atoms with Gasteiger partial charge in [0.25, 0.3) is 10.0 Å². The third-order valence-corrected chi connectivity index (χ3v) is 7.30. The van der Waals surface area contributed by atoms with Crippen LogP contribution in [0.1, 0.15) is 37.4 Å². The molecule has 1 fully saturated rings. The quantitative estimate of drug-likeness (QED) is 0.678. The van der Waals surface area contributed by atoms with Crippen LogP contribution in [0.25, 0.3) is 0 Å². The number of imidazole rings is 1. The number of aliphatic carboxylic acids is 1. The first-order valence-corrected chi connectivity index (χ1v) is 12.0. The Bertz CT molecular complexity index is 1050. The second-order valence-electron chi connectivity index (χ2n) is 8.09. The summed E-state index contributed by atoms with van der Waals surface area (Å²) in [6, 6.07) is 1.97. The van der Waals surface area contributed by atoms with Crippen LogP contribution in [0, 0.1) is 0 Å². The number of carbonyl (C=O) groups is 1. The fourth-order valence-electron chi connectivity index (χ4n) is 3.92. The molecule has 0 spiro atoms. The van der Waals surface area contributed by atoms with Crippen LogP contribution in [-0.4, -0.2) is 80.4 Å². The molecule has 14 heteroatoms. The summed E-state index contributed by atoms with van der Waals surface area (Å²) in [6.07, 6.45) is 4.51. The number of aromatic nitrogens is 4. The van der Waals surface area contributed by atoms with Gasteiger partial charge >= 0.3 is 12.1 Å². The fraction of sp³-hybridized carbons (Fsp3) is 0.632. The Balaban J connectivity index is 0.000000383. The van der Waals surface area contributed by atoms with Crippen molar-refractivity contribution in [3.8, 4) is 0 Å². The molecule has 1 atom stereocenters. The average Bonchev–Trinajstić information content (AvgIpc) is 3.41. The van der Waals surface area contributed by atoms with Crippen molar-refractivity contribution in [3.05, 3.63) is 30.5 Å². The maximum Gasteiger partial charge on any atom is 0.490 e. The number of carboxylic acid groups (broad SMARTS) is 1. The van der Waals surface area contributed by atoms with E-state index in [9.17, 15) is 21.6 Å². The van der Waals surface area contributed by atoms with Crippen LogP contribution in [0.2, 0.25) is 0 Å². The first kappa shape index (κ1) is 25.2. The number of nitrogens with zero attached hydrogens (tertiary/aromatic N) is 6. The van der Waals surface area contributed by atoms with E-state index in [0.29, 0.717) is 13.1 Å². The van der Waals surface area contributed by atoms with Crippen molar-refractivity contribution in [2.45, 2.75) is 49.5 Å². The summed E-state index contributed by atoms with van der Waals surface area (Å²) in [6.45, 7) is 4.07. The Labute approximate surface area is 189 Å². The molecule has 2 aromatic rings. The zero-order chi connectivity index (χ0) is 24.2. The molecule has 0 aromatic carbocycles. The van der Waals surface area contributed by atoms with Crippen molar-refractivity contribution >= 4 is 16.0 Å². The van der Waals surface area contributed by atoms with Gasteiger partial charge in [-0.05, 0) is 38.4 Å². The maximum absolute atomic E-state index is 13.0. The normalized spacial score (nSPS) is 20.1. The van der Waals surface area contributed by atoms with Crippen molar-refractivity contribution in [2.24, 2.45) is 7.05 Å². The molecule has 2 aliphatic heterocycles. The van der Waals surface area contributed by atoms with Crippen molar-refractivity contribution in [3.63, 3.8) is 0 Å². The number of carboxylic acids is 1. The van der Waals surface area contributed by atoms with Gasteiger partial charge in [-0.3, -0.25) is 4.68 Å². The molecule has 0 radical (unpaired) electrons. The predicted octanol–water partition coefficient (Wildman–Crippen LogP) is 1.87. The Hall–Kier alpha value is -2.45. The number of likely N-dealkylation sites (tertiary alicyclic amines) is 1. The molecule has 4 heterocycles. The summed E-state index contributed by atoms with van der Waals surface area (Å²) in [5.41, 5.74) is 0.944. The summed E-state index contributed by atoms with van der Waals surface area (Å²) >= 11 is 0. The van der Waals surface area contributed by atoms with E-state index in [1.165, 1.54) is 25.6 Å². The van der Waals surface area contributed by atoms with E-state index in [-0.39, 0.29) is 11.1 Å². The van der Waals surface area contributed by atoms with Crippen LogP contribution >= 0.6 is 0 Å². The third kappa shape index (κ3) is 6.32. The second kappa shape index (κ2) is 10.2. The first-order chi connectivity index (χ1) is 15.5. The zero-order valence-electron chi connectivity index (χ0n) is 18.1. The molecule has 0 saturated carbocycles. The zero-order valence-corrected chi connectivity index (χ0v) is 19.0. The Morgan fingerprint density at radius 1 is 1.24 bits per heavy atom. The van der Waals surface area contributed by atoms with Gasteiger partial charge in [-0.15, -0.1) is 0 Å². The average molecular weight is 493 g/mol. The lowest BCUT2D eigenvalue weighted by Gasteiger charge is -2.34. The molecule has 184 valence electrons. The molecule has 2 aliphatic rings. The van der Waals surface area contributed by atoms with Crippen molar-refractivity contribution in [1.29, 1.82) is 0 Å². The summed E-state index contributed by atoms with van der Waals surface area (Å²) in [4.78, 5) is 15.4. The molecule has 0 bridgehead atoms. The first-order valence-electron chi connectivity index (χ1n) is 10.5. The lowest BCUT2D eigenvalue weighted by molar-refractivity contribution is -0.192. The minimum Gasteiger partial charge on any atom is -0.475 e. The molecule has 1 saturated heterocycles. The number of halogens is 3. The molecule has 0 aliphatic carbocycles. The molecule has 0 amide bonds. The van der Waals surface area contributed by atoms with E-state index < -0.39 is 22.2 Å². The number of hydrogen-bond donors (Lipinski definition) is 1. The van der Waals surface area contributed by atoms with Gasteiger partial charge in [0, 0.05) is 32.5 Å². The van der Waals surface area contributed by atoms with Gasteiger partial charge < -0.3 is 14.6 Å². The lowest BCUT2D eigenvalue weighted by Crippen LogP contribution is -2.42. The van der Waals surface area contributed by atoms with E-state index in [1.807, 2.05) is 10.7 Å². The van der Waals surface area contributed by atoms with E-state index in [1.54, 1.807) is 28.3 Å². The van der Waals surface area contributed by atoms with Crippen LogP contribution in [-0.2, 0) is 28.4 Å². The number of piperidine rings is 1. The Kier molecular flexibility index (Phi) is 7.80. The van der Waals surface area contributed by atoms with Crippen LogP contribution in [0.4, 0.5) is 13.2 Å². The monoisotopic (exact) mass is 492 g/mol. The highest BCUT2D eigenvalue weighted by Crippen LogP contribution is 2.28. The highest BCUT2D eigenvalue weighted by molar-refractivity contribution is 7.89. The van der Waals surface area contributed by atoms with Gasteiger partial charge in [0.15, 0.2) is 5.03 Å². The highest BCUT2D eigenvalue weighted by atomic mass is 32.2. The SMILES string of the molecule is Cn1cnc(S(=O)(=O)N2Cc3ccnn3C(CCN3CCCCC3)C2)c1.O=C(O)C(F)(F)F. The molecule has 2 aromatic heterocycles. The van der Waals surface area contributed by atoms with E-state index in [4.69, 9.17) is 9.90 Å². The van der Waals surface area contributed by atoms with Gasteiger partial charge in [0.2, 0.25) is 0 Å². The maximum atomic E-state index is 13.0. The fourth-order valence-corrected chi connectivity index (χ4v) is 5.33. The smallest absolute Gasteiger partial charge is 0.475 e. The minimum absolute atomic E-state index is 0.0640. The van der Waals surface area contributed by atoms with Gasteiger partial charge in [0.05, 0.1) is 24.6 Å². The van der Waals surface area contributed by atoms with Gasteiger partial charge in [-0.25, -0.2) is 18.2 Å². The van der Waals surface area contributed by atoms with Crippen LogP contribution < -0.4 is 0 Å². The summed E-state index contributed by atoms with van der Waals surface area (Å²) in [7, 11) is -1.81. The van der Waals surface area contributed by atoms with Crippen molar-refractivity contribution < 1.29 is 31.5 Å². The molecule has 4 rings (SSSR count). The lowest BCUT2D eigenvalue weighted by atomic mass is 10.1. The topological polar surface area (TPSA) is 114 Å². The highest BCUT2D eigenvalue weighted by Gasteiger charge is 2.38. The molecule has 33 heavy (non-hydrogen) atoms. The minimum atomic E-state index is -5.08. The van der Waals surface area contributed by atoms with Gasteiger partial charge in [0.1, 0.15) is 0 Å². The Morgan fingerprint density at radius 3 is 2.48 bits per heavy atom. The molecule has 1 N–H and O–H groups in total. The van der Waals surface area contributed by atoms with Crippen molar-refractivity contribution in [2.75, 3.05) is 26.2 Å². The van der Waals surface area contributed by atoms with Crippen LogP contribution in [0.3, 0.4) is 0 Å². The van der Waals surface area contributed by atoms with Gasteiger partial charge in [-0.2, -0.15) is 22.6 Å². The second-order valence-corrected chi connectivity index (χ2v) is 9.97. The Morgan fingerprint density at radius 2 is 1.91 bits per heavy atom. The van der Waals surface area contributed by atoms with Crippen LogP contribution in [0.15, 0.2) is 29.8 Å². The van der Waals surface area contributed by atoms with E-state index >= 15 is 0 Å². The van der Waals surface area contributed by atoms with E-state index in [2.05, 4.69) is 15.0 Å². The summed E-state index contributed by atoms with van der Waals surface area (Å²) in [5, 5.41) is 11.7. The predicted molar refractivity (Wildman–Crippen MR) is 111 cm³/mol. The summed E-state index contributed by atoms with van der Waals surface area (Å²) < 4.78 is 62.9. The van der Waals surface area contributed by atoms with Gasteiger partial charge in [-0.1, -0.05) is 6.42 Å². The molecule has 1 unspecified atom stereocenters. The number of aryl methyl sites for hydroxylation is 1. The third-order valence-electron chi connectivity index (χ3n) is 5.61. The van der Waals surface area contributed by atoms with Crippen LogP contribution in [0.5, 0.6) is 0 Å². The standard InChI is InChI=1S/C17H26N6O2S.C2HF3O2/c1-20-13-17(18-14-20)26(24,25)22-11-15-5-7-19-23(15)16(12-22)6-10-21-8-3-2-4-9-21;3-2(4,5)1(6)7/h5,7,13-14,16H,2-4,6,8-12H2,1H3;(H,6,7). The largest absolute Gasteiger partial charge is 0.490 e. The number of fused-ring (bicyclic) bond motifs is 1. The molecular formula is C19H27F3N6O4S. The molecule has 10 nitrogen and oxygen atoms in total.